The van der Waals surface area contributed by atoms with E-state index in [9.17, 15) is 0 Å². The second-order valence-corrected chi connectivity index (χ2v) is 8.13. The molecular weight excluding hydrogens is 396 g/mol. The van der Waals surface area contributed by atoms with Gasteiger partial charge in [-0.15, -0.1) is 0 Å². The predicted octanol–water partition coefficient (Wildman–Crippen LogP) is 5.84. The molecule has 4 heteroatoms. The van der Waals surface area contributed by atoms with Crippen LogP contribution in [0.5, 0.6) is 0 Å². The lowest BCUT2D eigenvalue weighted by atomic mass is 9.80. The van der Waals surface area contributed by atoms with Crippen molar-refractivity contribution in [3.63, 3.8) is 0 Å². The van der Waals surface area contributed by atoms with Crippen LogP contribution in [0.4, 0.5) is 0 Å². The molecule has 25 heavy (non-hydrogen) atoms. The minimum Gasteiger partial charge on any atom is -0.404 e. The normalized spacial score (nSPS) is 19.6. The number of benzene rings is 1. The highest BCUT2D eigenvalue weighted by Gasteiger charge is 2.22. The van der Waals surface area contributed by atoms with Crippen molar-refractivity contribution in [3.05, 3.63) is 63.3 Å². The zero-order valence-corrected chi connectivity index (χ0v) is 17.4. The van der Waals surface area contributed by atoms with Crippen molar-refractivity contribution in [1.82, 2.24) is 5.32 Å². The number of halogens is 2. The fourth-order valence-corrected chi connectivity index (χ4v) is 3.65. The second-order valence-electron chi connectivity index (χ2n) is 6.78. The lowest BCUT2D eigenvalue weighted by molar-refractivity contribution is 0.330. The van der Waals surface area contributed by atoms with Gasteiger partial charge in [0.15, 0.2) is 0 Å². The maximum absolute atomic E-state index is 6.26. The first-order valence-corrected chi connectivity index (χ1v) is 10.1. The van der Waals surface area contributed by atoms with Crippen LogP contribution in [0, 0.1) is 11.8 Å². The summed E-state index contributed by atoms with van der Waals surface area (Å²) in [5, 5.41) is 4.24. The molecule has 0 amide bonds. The predicted molar refractivity (Wildman–Crippen MR) is 114 cm³/mol. The molecule has 0 aliphatic carbocycles. The van der Waals surface area contributed by atoms with Crippen molar-refractivity contribution in [3.8, 4) is 0 Å². The van der Waals surface area contributed by atoms with E-state index in [-0.39, 0.29) is 0 Å². The van der Waals surface area contributed by atoms with Crippen LogP contribution < -0.4 is 11.1 Å². The lowest BCUT2D eigenvalue weighted by Crippen LogP contribution is -2.30. The quantitative estimate of drug-likeness (QED) is 0.564. The highest BCUT2D eigenvalue weighted by molar-refractivity contribution is 9.11. The summed E-state index contributed by atoms with van der Waals surface area (Å²) in [4.78, 5) is 0. The van der Waals surface area contributed by atoms with Crippen molar-refractivity contribution >= 4 is 33.6 Å². The Morgan fingerprint density at radius 2 is 2.00 bits per heavy atom. The van der Waals surface area contributed by atoms with Crippen LogP contribution >= 0.6 is 27.5 Å². The molecule has 0 aromatic heterocycles. The van der Waals surface area contributed by atoms with Gasteiger partial charge in [0.05, 0.1) is 0 Å². The molecule has 2 rings (SSSR count). The monoisotopic (exact) mass is 422 g/mol. The molecule has 0 radical (unpaired) electrons. The fraction of sp³-hybridized carbons (Fsp3) is 0.429. The molecule has 1 aliphatic rings. The van der Waals surface area contributed by atoms with E-state index in [4.69, 9.17) is 17.3 Å². The van der Waals surface area contributed by atoms with Crippen molar-refractivity contribution in [2.45, 2.75) is 32.6 Å². The largest absolute Gasteiger partial charge is 0.404 e. The molecule has 1 aromatic carbocycles. The molecule has 1 aromatic rings. The van der Waals surface area contributed by atoms with Gasteiger partial charge in [0, 0.05) is 15.7 Å². The Bertz CT molecular complexity index is 645. The van der Waals surface area contributed by atoms with Crippen LogP contribution in [0.3, 0.4) is 0 Å². The first-order valence-electron chi connectivity index (χ1n) is 8.95. The van der Waals surface area contributed by atoms with Crippen LogP contribution in [-0.4, -0.2) is 13.1 Å². The third kappa shape index (κ3) is 6.32. The molecule has 1 aliphatic heterocycles. The van der Waals surface area contributed by atoms with Gasteiger partial charge in [-0.3, -0.25) is 0 Å². The summed E-state index contributed by atoms with van der Waals surface area (Å²) >= 11 is 9.65. The third-order valence-electron chi connectivity index (χ3n) is 4.93. The smallest absolute Gasteiger partial charge is 0.0412 e. The molecule has 2 unspecified atom stereocenters. The molecule has 2 atom stereocenters. The number of nitrogens with two attached hydrogens (primary N) is 1. The van der Waals surface area contributed by atoms with Gasteiger partial charge in [-0.2, -0.15) is 0 Å². The molecule has 0 bridgehead atoms. The summed E-state index contributed by atoms with van der Waals surface area (Å²) < 4.78 is 0.885. The van der Waals surface area contributed by atoms with Crippen LogP contribution in [0.25, 0.3) is 6.08 Å². The summed E-state index contributed by atoms with van der Waals surface area (Å²) in [7, 11) is 0. The summed E-state index contributed by atoms with van der Waals surface area (Å²) in [6.07, 6.45) is 12.5. The highest BCUT2D eigenvalue weighted by atomic mass is 79.9. The minimum absolute atomic E-state index is 0.313. The number of piperidine rings is 1. The number of allylic oxidation sites excluding steroid dienone is 4. The number of rotatable bonds is 6. The molecular formula is C21H28BrClN2. The van der Waals surface area contributed by atoms with Gasteiger partial charge in [0.1, 0.15) is 0 Å². The Morgan fingerprint density at radius 3 is 2.68 bits per heavy atom. The Labute approximate surface area is 165 Å². The standard InChI is InChI=1S/C21H28BrClN2/c1-15(4-6-19(22)14-24)3-5-18-13-20(23)7-8-21(18)16(2)17-9-11-25-12-10-17/h3-8,13-17,25H,9-12,24H2,1-2H3/b5-3-,6-4?,19-14+. The molecule has 1 fully saturated rings. The molecule has 136 valence electrons. The average molecular weight is 424 g/mol. The Hall–Kier alpha value is -1.03. The lowest BCUT2D eigenvalue weighted by Gasteiger charge is -2.29. The van der Waals surface area contributed by atoms with Gasteiger partial charge < -0.3 is 11.1 Å². The van der Waals surface area contributed by atoms with Crippen LogP contribution in [0.2, 0.25) is 5.02 Å². The maximum atomic E-state index is 6.26. The Balaban J connectivity index is 2.17. The van der Waals surface area contributed by atoms with E-state index >= 15 is 0 Å². The van der Waals surface area contributed by atoms with E-state index in [0.29, 0.717) is 11.8 Å². The van der Waals surface area contributed by atoms with E-state index in [2.05, 4.69) is 65.5 Å². The molecule has 1 saturated heterocycles. The second kappa shape index (κ2) is 10.2. The van der Waals surface area contributed by atoms with Gasteiger partial charge >= 0.3 is 0 Å². The molecule has 1 heterocycles. The minimum atomic E-state index is 0.313. The average Bonchev–Trinajstić information content (AvgIpc) is 2.64. The zero-order valence-electron chi connectivity index (χ0n) is 15.0. The van der Waals surface area contributed by atoms with E-state index < -0.39 is 0 Å². The summed E-state index contributed by atoms with van der Waals surface area (Å²) in [6, 6.07) is 6.29. The summed E-state index contributed by atoms with van der Waals surface area (Å²) in [5.41, 5.74) is 8.09. The van der Waals surface area contributed by atoms with Crippen LogP contribution in [0.1, 0.15) is 43.7 Å². The first kappa shape index (κ1) is 20.3. The SMILES string of the molecule is CC(C=C/C(Br)=C\N)/C=C\c1cc(Cl)ccc1C(C)C1CCNCC1. The van der Waals surface area contributed by atoms with Crippen LogP contribution in [-0.2, 0) is 0 Å². The Morgan fingerprint density at radius 1 is 1.28 bits per heavy atom. The van der Waals surface area contributed by atoms with Gasteiger partial charge in [0.2, 0.25) is 0 Å². The molecule has 2 nitrogen and oxygen atoms in total. The van der Waals surface area contributed by atoms with Crippen molar-refractivity contribution < 1.29 is 0 Å². The fourth-order valence-electron chi connectivity index (χ4n) is 3.32. The molecule has 0 saturated carbocycles. The Kier molecular flexibility index (Phi) is 8.28. The van der Waals surface area contributed by atoms with Gasteiger partial charge in [-0.25, -0.2) is 0 Å². The zero-order chi connectivity index (χ0) is 18.2. The summed E-state index contributed by atoms with van der Waals surface area (Å²) in [5.74, 6) is 1.59. The van der Waals surface area contributed by atoms with Gasteiger partial charge in [-0.1, -0.05) is 49.7 Å². The van der Waals surface area contributed by atoms with Crippen LogP contribution in [0.15, 0.2) is 47.1 Å². The third-order valence-corrected chi connectivity index (χ3v) is 5.69. The number of nitrogens with one attached hydrogen (secondary N) is 1. The molecule has 3 N–H and O–H groups in total. The van der Waals surface area contributed by atoms with E-state index in [1.807, 2.05) is 12.1 Å². The topological polar surface area (TPSA) is 38.0 Å². The van der Waals surface area contributed by atoms with Crippen molar-refractivity contribution in [2.75, 3.05) is 13.1 Å². The maximum Gasteiger partial charge on any atom is 0.0412 e. The van der Waals surface area contributed by atoms with E-state index in [1.165, 1.54) is 24.0 Å². The molecule has 0 spiro atoms. The van der Waals surface area contributed by atoms with Crippen molar-refractivity contribution in [2.24, 2.45) is 17.6 Å². The highest BCUT2D eigenvalue weighted by Crippen LogP contribution is 2.34. The number of hydrogen-bond acceptors (Lipinski definition) is 2. The van der Waals surface area contributed by atoms with E-state index in [1.54, 1.807) is 6.20 Å². The first-order chi connectivity index (χ1) is 12.0. The van der Waals surface area contributed by atoms with Gasteiger partial charge in [0.25, 0.3) is 0 Å². The van der Waals surface area contributed by atoms with E-state index in [0.717, 1.165) is 28.5 Å². The van der Waals surface area contributed by atoms with Crippen molar-refractivity contribution in [1.29, 1.82) is 0 Å². The van der Waals surface area contributed by atoms with Gasteiger partial charge in [-0.05, 0) is 89.0 Å². The number of hydrogen-bond donors (Lipinski definition) is 2. The summed E-state index contributed by atoms with van der Waals surface area (Å²) in [6.45, 7) is 6.76.